The maximum Gasteiger partial charge on any atom is 0.123 e. The number of methoxy groups -OCH3 is 1. The van der Waals surface area contributed by atoms with E-state index < -0.39 is 0 Å². The summed E-state index contributed by atoms with van der Waals surface area (Å²) in [5.41, 5.74) is 1.35. The summed E-state index contributed by atoms with van der Waals surface area (Å²) in [4.78, 5) is 2.62. The Balaban J connectivity index is 2.32. The molecule has 0 saturated carbocycles. The van der Waals surface area contributed by atoms with Gasteiger partial charge in [0.15, 0.2) is 0 Å². The molecule has 0 bridgehead atoms. The number of benzene rings is 1. The first-order valence-corrected chi connectivity index (χ1v) is 8.22. The Kier molecular flexibility index (Phi) is 5.65. The molecule has 3 heteroatoms. The van der Waals surface area contributed by atoms with Crippen LogP contribution in [0.3, 0.4) is 0 Å². The van der Waals surface area contributed by atoms with Crippen LogP contribution in [0.2, 0.25) is 0 Å². The lowest BCUT2D eigenvalue weighted by Gasteiger charge is -2.43. The third kappa shape index (κ3) is 3.58. The largest absolute Gasteiger partial charge is 0.496 e. The summed E-state index contributed by atoms with van der Waals surface area (Å²) >= 11 is 0. The Morgan fingerprint density at radius 1 is 1.24 bits per heavy atom. The third-order valence-electron chi connectivity index (χ3n) is 4.68. The molecule has 0 aromatic heterocycles. The number of hydrogen-bond acceptors (Lipinski definition) is 3. The van der Waals surface area contributed by atoms with Gasteiger partial charge in [0, 0.05) is 11.1 Å². The second-order valence-corrected chi connectivity index (χ2v) is 6.48. The quantitative estimate of drug-likeness (QED) is 0.830. The molecule has 1 heterocycles. The molecule has 1 saturated heterocycles. The van der Waals surface area contributed by atoms with Crippen LogP contribution in [0, 0.1) is 0 Å². The fourth-order valence-corrected chi connectivity index (χ4v) is 3.41. The number of ether oxygens (including phenoxy) is 1. The van der Waals surface area contributed by atoms with E-state index in [9.17, 15) is 0 Å². The first-order chi connectivity index (χ1) is 10.1. The molecule has 1 fully saturated rings. The Labute approximate surface area is 129 Å². The molecule has 2 rings (SSSR count). The monoisotopic (exact) mass is 290 g/mol. The lowest BCUT2D eigenvalue weighted by molar-refractivity contribution is 0.105. The second kappa shape index (κ2) is 7.28. The van der Waals surface area contributed by atoms with Gasteiger partial charge in [0.2, 0.25) is 0 Å². The summed E-state index contributed by atoms with van der Waals surface area (Å²) in [6.07, 6.45) is 3.77. The summed E-state index contributed by atoms with van der Waals surface area (Å²) in [7, 11) is 1.76. The molecule has 1 aromatic carbocycles. The predicted octanol–water partition coefficient (Wildman–Crippen LogP) is 3.61. The van der Waals surface area contributed by atoms with E-state index in [0.29, 0.717) is 0 Å². The van der Waals surface area contributed by atoms with Crippen LogP contribution in [-0.4, -0.2) is 37.2 Å². The predicted molar refractivity (Wildman–Crippen MR) is 88.9 cm³/mol. The van der Waals surface area contributed by atoms with E-state index in [-0.39, 0.29) is 11.6 Å². The smallest absolute Gasteiger partial charge is 0.123 e. The van der Waals surface area contributed by atoms with Crippen LogP contribution < -0.4 is 10.1 Å². The minimum atomic E-state index is 0.0836. The van der Waals surface area contributed by atoms with E-state index in [4.69, 9.17) is 4.74 Å². The van der Waals surface area contributed by atoms with Crippen molar-refractivity contribution in [1.82, 2.24) is 10.2 Å². The van der Waals surface area contributed by atoms with Crippen molar-refractivity contribution in [3.63, 3.8) is 0 Å². The highest BCUT2D eigenvalue weighted by atomic mass is 16.5. The molecular formula is C18H30N2O. The van der Waals surface area contributed by atoms with Crippen molar-refractivity contribution in [2.24, 2.45) is 0 Å². The number of rotatable bonds is 7. The molecule has 0 radical (unpaired) electrons. The number of likely N-dealkylation sites (tertiary alicyclic amines) is 1. The van der Waals surface area contributed by atoms with Crippen molar-refractivity contribution < 1.29 is 4.74 Å². The van der Waals surface area contributed by atoms with E-state index in [0.717, 1.165) is 18.7 Å². The minimum absolute atomic E-state index is 0.0836. The van der Waals surface area contributed by atoms with Crippen LogP contribution in [0.1, 0.15) is 51.6 Å². The Morgan fingerprint density at radius 3 is 2.52 bits per heavy atom. The van der Waals surface area contributed by atoms with Crippen molar-refractivity contribution in [3.05, 3.63) is 29.8 Å². The van der Waals surface area contributed by atoms with Gasteiger partial charge in [-0.05, 0) is 58.8 Å². The zero-order valence-corrected chi connectivity index (χ0v) is 14.0. The molecule has 1 aliphatic rings. The fraction of sp³-hybridized carbons (Fsp3) is 0.667. The van der Waals surface area contributed by atoms with Crippen molar-refractivity contribution >= 4 is 0 Å². The van der Waals surface area contributed by atoms with Crippen molar-refractivity contribution in [2.45, 2.75) is 51.6 Å². The van der Waals surface area contributed by atoms with Gasteiger partial charge in [-0.15, -0.1) is 0 Å². The van der Waals surface area contributed by atoms with Gasteiger partial charge in [0.05, 0.1) is 13.2 Å². The highest BCUT2D eigenvalue weighted by molar-refractivity contribution is 5.37. The fourth-order valence-electron chi connectivity index (χ4n) is 3.41. The van der Waals surface area contributed by atoms with Crippen molar-refractivity contribution in [1.29, 1.82) is 0 Å². The van der Waals surface area contributed by atoms with E-state index in [1.165, 1.54) is 31.5 Å². The lowest BCUT2D eigenvalue weighted by Crippen LogP contribution is -2.51. The minimum Gasteiger partial charge on any atom is -0.496 e. The normalized spacial score (nSPS) is 17.9. The van der Waals surface area contributed by atoms with E-state index in [2.05, 4.69) is 49.2 Å². The van der Waals surface area contributed by atoms with Crippen molar-refractivity contribution in [2.75, 3.05) is 26.7 Å². The van der Waals surface area contributed by atoms with E-state index in [1.807, 2.05) is 6.07 Å². The Morgan fingerprint density at radius 2 is 1.90 bits per heavy atom. The van der Waals surface area contributed by atoms with E-state index >= 15 is 0 Å². The number of nitrogens with zero attached hydrogens (tertiary/aromatic N) is 1. The first kappa shape index (κ1) is 16.3. The van der Waals surface area contributed by atoms with Crippen molar-refractivity contribution in [3.8, 4) is 5.75 Å². The molecule has 0 amide bonds. The maximum absolute atomic E-state index is 5.61. The highest BCUT2D eigenvalue weighted by Gasteiger charge is 2.38. The van der Waals surface area contributed by atoms with E-state index in [1.54, 1.807) is 7.11 Å². The summed E-state index contributed by atoms with van der Waals surface area (Å²) in [5.74, 6) is 0.985. The SMILES string of the molecule is CCCNC(c1ccccc1OC)C(C)(C)N1CCCC1. The molecule has 1 atom stereocenters. The topological polar surface area (TPSA) is 24.5 Å². The van der Waals surface area contributed by atoms with Gasteiger partial charge in [-0.2, -0.15) is 0 Å². The molecule has 3 nitrogen and oxygen atoms in total. The molecule has 21 heavy (non-hydrogen) atoms. The van der Waals surface area contributed by atoms with Crippen LogP contribution >= 0.6 is 0 Å². The molecule has 0 spiro atoms. The summed E-state index contributed by atoms with van der Waals surface area (Å²) in [5, 5.41) is 3.76. The Bertz CT molecular complexity index is 439. The van der Waals surface area contributed by atoms with Gasteiger partial charge in [0.25, 0.3) is 0 Å². The van der Waals surface area contributed by atoms with Gasteiger partial charge < -0.3 is 10.1 Å². The Hall–Kier alpha value is -1.06. The van der Waals surface area contributed by atoms with Crippen LogP contribution in [-0.2, 0) is 0 Å². The second-order valence-electron chi connectivity index (χ2n) is 6.48. The van der Waals surface area contributed by atoms with Gasteiger partial charge in [-0.1, -0.05) is 25.1 Å². The maximum atomic E-state index is 5.61. The summed E-state index contributed by atoms with van der Waals surface area (Å²) < 4.78 is 5.61. The third-order valence-corrected chi connectivity index (χ3v) is 4.68. The first-order valence-electron chi connectivity index (χ1n) is 8.22. The average molecular weight is 290 g/mol. The van der Waals surface area contributed by atoms with Crippen LogP contribution in [0.4, 0.5) is 0 Å². The molecule has 1 unspecified atom stereocenters. The lowest BCUT2D eigenvalue weighted by atomic mass is 9.86. The van der Waals surface area contributed by atoms with Gasteiger partial charge in [0.1, 0.15) is 5.75 Å². The van der Waals surface area contributed by atoms with Crippen LogP contribution in [0.5, 0.6) is 5.75 Å². The average Bonchev–Trinajstić information content (AvgIpc) is 3.03. The summed E-state index contributed by atoms with van der Waals surface area (Å²) in [6.45, 7) is 10.4. The van der Waals surface area contributed by atoms with Gasteiger partial charge >= 0.3 is 0 Å². The zero-order chi connectivity index (χ0) is 15.3. The van der Waals surface area contributed by atoms with Crippen LogP contribution in [0.15, 0.2) is 24.3 Å². The zero-order valence-electron chi connectivity index (χ0n) is 14.0. The highest BCUT2D eigenvalue weighted by Crippen LogP contribution is 2.37. The molecule has 1 N–H and O–H groups in total. The number of nitrogens with one attached hydrogen (secondary N) is 1. The van der Waals surface area contributed by atoms with Crippen LogP contribution in [0.25, 0.3) is 0 Å². The standard InChI is InChI=1S/C18H30N2O/c1-5-12-19-17(15-10-6-7-11-16(15)21-4)18(2,3)20-13-8-9-14-20/h6-7,10-11,17,19H,5,8-9,12-14H2,1-4H3. The molecule has 1 aliphatic heterocycles. The summed E-state index contributed by atoms with van der Waals surface area (Å²) in [6, 6.07) is 8.70. The molecule has 0 aliphatic carbocycles. The van der Waals surface area contributed by atoms with Gasteiger partial charge in [-0.25, -0.2) is 0 Å². The molecule has 1 aromatic rings. The van der Waals surface area contributed by atoms with Gasteiger partial charge in [-0.3, -0.25) is 4.90 Å². The number of hydrogen-bond donors (Lipinski definition) is 1. The number of para-hydroxylation sites is 1. The molecular weight excluding hydrogens is 260 g/mol. The molecule has 118 valence electrons.